The lowest BCUT2D eigenvalue weighted by Crippen LogP contribution is -2.41. The number of benzene rings is 1. The predicted molar refractivity (Wildman–Crippen MR) is 82.7 cm³/mol. The molecule has 3 unspecified atom stereocenters. The molecule has 0 aliphatic carbocycles. The third-order valence-electron chi connectivity index (χ3n) is 5.44. The fraction of sp³-hybridized carbons (Fsp3) is 0.667. The molecule has 1 aromatic carbocycles. The molecule has 0 aromatic heterocycles. The van der Waals surface area contributed by atoms with E-state index in [0.29, 0.717) is 18.0 Å². The Morgan fingerprint density at radius 1 is 1.15 bits per heavy atom. The van der Waals surface area contributed by atoms with Crippen LogP contribution in [0.2, 0.25) is 0 Å². The van der Waals surface area contributed by atoms with Crippen LogP contribution < -0.4 is 0 Å². The van der Waals surface area contributed by atoms with E-state index in [0.717, 1.165) is 24.8 Å². The molecule has 2 aliphatic heterocycles. The van der Waals surface area contributed by atoms with Gasteiger partial charge in [0.25, 0.3) is 0 Å². The van der Waals surface area contributed by atoms with Crippen LogP contribution in [0, 0.1) is 5.92 Å². The lowest BCUT2D eigenvalue weighted by atomic mass is 9.83. The minimum absolute atomic E-state index is 0.275. The summed E-state index contributed by atoms with van der Waals surface area (Å²) in [5.74, 6) is 0.445. The maximum absolute atomic E-state index is 10.7. The van der Waals surface area contributed by atoms with Gasteiger partial charge in [-0.2, -0.15) is 0 Å². The molecule has 2 heteroatoms. The van der Waals surface area contributed by atoms with Crippen LogP contribution in [0.5, 0.6) is 0 Å². The molecule has 2 fully saturated rings. The second-order valence-electron chi connectivity index (χ2n) is 6.72. The van der Waals surface area contributed by atoms with Crippen molar-refractivity contribution in [1.29, 1.82) is 0 Å². The topological polar surface area (TPSA) is 23.5 Å². The molecule has 1 aromatic rings. The fourth-order valence-corrected chi connectivity index (χ4v) is 4.15. The first-order chi connectivity index (χ1) is 9.69. The molecule has 0 saturated carbocycles. The molecule has 0 spiro atoms. The van der Waals surface area contributed by atoms with Crippen molar-refractivity contribution in [2.24, 2.45) is 5.92 Å². The fourth-order valence-electron chi connectivity index (χ4n) is 4.15. The SMILES string of the molecule is CCCc1ccc(C(O)C2CC3CCC(C2)N3C)cc1. The van der Waals surface area contributed by atoms with Crippen molar-refractivity contribution in [3.8, 4) is 0 Å². The second-order valence-corrected chi connectivity index (χ2v) is 6.72. The van der Waals surface area contributed by atoms with Crippen LogP contribution in [-0.4, -0.2) is 29.1 Å². The molecule has 3 atom stereocenters. The molecule has 0 amide bonds. The summed E-state index contributed by atoms with van der Waals surface area (Å²) in [6, 6.07) is 10.0. The zero-order chi connectivity index (χ0) is 14.1. The highest BCUT2D eigenvalue weighted by Crippen LogP contribution is 2.42. The van der Waals surface area contributed by atoms with Gasteiger partial charge in [-0.1, -0.05) is 37.6 Å². The highest BCUT2D eigenvalue weighted by atomic mass is 16.3. The summed E-state index contributed by atoms with van der Waals surface area (Å²) in [4.78, 5) is 2.54. The maximum atomic E-state index is 10.7. The van der Waals surface area contributed by atoms with E-state index in [1.165, 1.54) is 24.8 Å². The minimum Gasteiger partial charge on any atom is -0.388 e. The Bertz CT molecular complexity index is 427. The molecule has 2 heterocycles. The summed E-state index contributed by atoms with van der Waals surface area (Å²) in [5, 5.41) is 10.7. The lowest BCUT2D eigenvalue weighted by Gasteiger charge is -2.38. The molecule has 3 rings (SSSR count). The summed E-state index contributed by atoms with van der Waals surface area (Å²) in [5.41, 5.74) is 2.49. The van der Waals surface area contributed by atoms with E-state index in [2.05, 4.69) is 43.1 Å². The molecular weight excluding hydrogens is 246 g/mol. The Morgan fingerprint density at radius 2 is 1.75 bits per heavy atom. The monoisotopic (exact) mass is 273 g/mol. The van der Waals surface area contributed by atoms with E-state index >= 15 is 0 Å². The molecule has 0 radical (unpaired) electrons. The van der Waals surface area contributed by atoms with Crippen molar-refractivity contribution < 1.29 is 5.11 Å². The summed E-state index contributed by atoms with van der Waals surface area (Å²) in [6.07, 6.45) is 6.99. The normalized spacial score (nSPS) is 31.4. The van der Waals surface area contributed by atoms with Crippen LogP contribution in [0.25, 0.3) is 0 Å². The standard InChI is InChI=1S/C18H27NO/c1-3-4-13-5-7-14(8-6-13)18(20)15-11-16-9-10-17(12-15)19(16)2/h5-8,15-18,20H,3-4,9-12H2,1-2H3. The molecule has 1 N–H and O–H groups in total. The Labute approximate surface area is 122 Å². The molecule has 2 saturated heterocycles. The quantitative estimate of drug-likeness (QED) is 0.907. The van der Waals surface area contributed by atoms with Crippen molar-refractivity contribution >= 4 is 0 Å². The van der Waals surface area contributed by atoms with Crippen molar-refractivity contribution in [2.75, 3.05) is 7.05 Å². The Balaban J connectivity index is 1.68. The number of hydrogen-bond donors (Lipinski definition) is 1. The van der Waals surface area contributed by atoms with Gasteiger partial charge in [-0.05, 0) is 56.2 Å². The third-order valence-corrected chi connectivity index (χ3v) is 5.44. The number of piperidine rings is 1. The van der Waals surface area contributed by atoms with Gasteiger partial charge in [0.15, 0.2) is 0 Å². The highest BCUT2D eigenvalue weighted by Gasteiger charge is 2.40. The summed E-state index contributed by atoms with van der Waals surface area (Å²) < 4.78 is 0. The molecule has 2 aliphatic rings. The average Bonchev–Trinajstić information content (AvgIpc) is 2.68. The van der Waals surface area contributed by atoms with Gasteiger partial charge in [0.2, 0.25) is 0 Å². The average molecular weight is 273 g/mol. The number of hydrogen-bond acceptors (Lipinski definition) is 2. The second kappa shape index (κ2) is 5.87. The number of aliphatic hydroxyl groups excluding tert-OH is 1. The number of aryl methyl sites for hydroxylation is 1. The lowest BCUT2D eigenvalue weighted by molar-refractivity contribution is 0.0356. The van der Waals surface area contributed by atoms with Gasteiger partial charge in [0, 0.05) is 12.1 Å². The Hall–Kier alpha value is -0.860. The molecule has 110 valence electrons. The largest absolute Gasteiger partial charge is 0.388 e. The van der Waals surface area contributed by atoms with Gasteiger partial charge < -0.3 is 10.0 Å². The first-order valence-electron chi connectivity index (χ1n) is 8.18. The van der Waals surface area contributed by atoms with Gasteiger partial charge >= 0.3 is 0 Å². The number of rotatable bonds is 4. The van der Waals surface area contributed by atoms with Gasteiger partial charge in [0.05, 0.1) is 6.10 Å². The van der Waals surface area contributed by atoms with Crippen LogP contribution >= 0.6 is 0 Å². The van der Waals surface area contributed by atoms with Crippen LogP contribution in [-0.2, 0) is 6.42 Å². The number of aliphatic hydroxyl groups is 1. The van der Waals surface area contributed by atoms with E-state index in [-0.39, 0.29) is 6.10 Å². The third kappa shape index (κ3) is 2.64. The molecule has 20 heavy (non-hydrogen) atoms. The first kappa shape index (κ1) is 14.1. The van der Waals surface area contributed by atoms with Gasteiger partial charge in [-0.25, -0.2) is 0 Å². The van der Waals surface area contributed by atoms with E-state index in [1.54, 1.807) is 0 Å². The van der Waals surface area contributed by atoms with Gasteiger partial charge in [0.1, 0.15) is 0 Å². The van der Waals surface area contributed by atoms with Crippen molar-refractivity contribution in [3.63, 3.8) is 0 Å². The van der Waals surface area contributed by atoms with E-state index in [4.69, 9.17) is 0 Å². The maximum Gasteiger partial charge on any atom is 0.0819 e. The van der Waals surface area contributed by atoms with E-state index < -0.39 is 0 Å². The van der Waals surface area contributed by atoms with Crippen molar-refractivity contribution in [2.45, 2.75) is 63.6 Å². The van der Waals surface area contributed by atoms with Crippen molar-refractivity contribution in [1.82, 2.24) is 4.90 Å². The zero-order valence-corrected chi connectivity index (χ0v) is 12.8. The molecule has 2 bridgehead atoms. The van der Waals surface area contributed by atoms with Crippen LogP contribution in [0.1, 0.15) is 56.3 Å². The Kier molecular flexibility index (Phi) is 4.13. The minimum atomic E-state index is -0.275. The van der Waals surface area contributed by atoms with Gasteiger partial charge in [-0.3, -0.25) is 0 Å². The zero-order valence-electron chi connectivity index (χ0n) is 12.8. The summed E-state index contributed by atoms with van der Waals surface area (Å²) in [6.45, 7) is 2.21. The van der Waals surface area contributed by atoms with E-state index in [9.17, 15) is 5.11 Å². The van der Waals surface area contributed by atoms with Crippen molar-refractivity contribution in [3.05, 3.63) is 35.4 Å². The first-order valence-corrected chi connectivity index (χ1v) is 8.18. The smallest absolute Gasteiger partial charge is 0.0819 e. The van der Waals surface area contributed by atoms with Crippen LogP contribution in [0.3, 0.4) is 0 Å². The number of fused-ring (bicyclic) bond motifs is 2. The molecular formula is C18H27NO. The highest BCUT2D eigenvalue weighted by molar-refractivity contribution is 5.25. The summed E-state index contributed by atoms with van der Waals surface area (Å²) in [7, 11) is 2.25. The Morgan fingerprint density at radius 3 is 2.30 bits per heavy atom. The molecule has 2 nitrogen and oxygen atoms in total. The number of nitrogens with zero attached hydrogens (tertiary/aromatic N) is 1. The van der Waals surface area contributed by atoms with E-state index in [1.807, 2.05) is 0 Å². The van der Waals surface area contributed by atoms with Crippen LogP contribution in [0.15, 0.2) is 24.3 Å². The summed E-state index contributed by atoms with van der Waals surface area (Å²) >= 11 is 0. The van der Waals surface area contributed by atoms with Crippen LogP contribution in [0.4, 0.5) is 0 Å². The predicted octanol–water partition coefficient (Wildman–Crippen LogP) is 3.55. The van der Waals surface area contributed by atoms with Gasteiger partial charge in [-0.15, -0.1) is 0 Å².